The molecule has 0 bridgehead atoms. The van der Waals surface area contributed by atoms with Crippen LogP contribution in [0.3, 0.4) is 0 Å². The highest BCUT2D eigenvalue weighted by Gasteiger charge is 2.29. The fourth-order valence-electron chi connectivity index (χ4n) is 2.71. The molecule has 1 fully saturated rings. The van der Waals surface area contributed by atoms with Crippen molar-refractivity contribution in [3.8, 4) is 17.4 Å². The maximum absolute atomic E-state index is 12.5. The van der Waals surface area contributed by atoms with E-state index < -0.39 is 13.0 Å². The van der Waals surface area contributed by atoms with Gasteiger partial charge in [-0.05, 0) is 46.2 Å². The largest absolute Gasteiger partial charge is 0.471 e. The molecule has 4 rings (SSSR count). The number of halogens is 3. The molecule has 26 heavy (non-hydrogen) atoms. The number of hydrogen-bond donors (Lipinski definition) is 1. The summed E-state index contributed by atoms with van der Waals surface area (Å²) in [5, 5.41) is 5.57. The van der Waals surface area contributed by atoms with Crippen LogP contribution in [-0.2, 0) is 0 Å². The summed E-state index contributed by atoms with van der Waals surface area (Å²) in [5.74, 6) is 0.417. The first-order valence-corrected chi connectivity index (χ1v) is 9.29. The third-order valence-corrected chi connectivity index (χ3v) is 4.93. The Kier molecular flexibility index (Phi) is 4.52. The number of benzene rings is 1. The lowest BCUT2D eigenvalue weighted by molar-refractivity contribution is 0.0792. The number of nitrogens with one attached hydrogen (secondary N) is 1. The first-order valence-electron chi connectivity index (χ1n) is 7.92. The molecule has 0 saturated heterocycles. The van der Waals surface area contributed by atoms with Gasteiger partial charge in [-0.15, -0.1) is 14.3 Å². The van der Waals surface area contributed by atoms with Gasteiger partial charge in [-0.25, -0.2) is 13.8 Å². The van der Waals surface area contributed by atoms with Crippen LogP contribution in [0.25, 0.3) is 22.4 Å². The van der Waals surface area contributed by atoms with Gasteiger partial charge >= 0.3 is 0 Å². The van der Waals surface area contributed by atoms with Crippen LogP contribution in [0.15, 0.2) is 27.5 Å². The highest BCUT2D eigenvalue weighted by atomic mass is 79.9. The standard InChI is InChI=1S/C16H14BrF2N4O2P/c17-10-4-8(26)3-9-14(10)20-15(21-16(9)24)11-5-13(25-6-12(18)19)22-23(11)7-1-2-7/h3-5,7,12H,1-2,6,26H2,(H,20,21,24). The molecule has 1 aliphatic rings. The van der Waals surface area contributed by atoms with Crippen LogP contribution in [0.1, 0.15) is 18.9 Å². The monoisotopic (exact) mass is 442 g/mol. The van der Waals surface area contributed by atoms with E-state index in [0.29, 0.717) is 26.9 Å². The lowest BCUT2D eigenvalue weighted by atomic mass is 10.2. The zero-order valence-electron chi connectivity index (χ0n) is 13.4. The minimum Gasteiger partial charge on any atom is -0.471 e. The first-order chi connectivity index (χ1) is 12.4. The summed E-state index contributed by atoms with van der Waals surface area (Å²) in [6.07, 6.45) is -0.720. The molecule has 1 saturated carbocycles. The zero-order chi connectivity index (χ0) is 18.4. The van der Waals surface area contributed by atoms with Crippen molar-refractivity contribution in [3.63, 3.8) is 0 Å². The Hall–Kier alpha value is -1.86. The summed E-state index contributed by atoms with van der Waals surface area (Å²) >= 11 is 3.44. The summed E-state index contributed by atoms with van der Waals surface area (Å²) < 4.78 is 32.2. The van der Waals surface area contributed by atoms with E-state index in [4.69, 9.17) is 4.74 Å². The van der Waals surface area contributed by atoms with Crippen LogP contribution in [0, 0.1) is 0 Å². The lowest BCUT2D eigenvalue weighted by Crippen LogP contribution is -2.13. The number of ether oxygens (including phenoxy) is 1. The Balaban J connectivity index is 1.83. The van der Waals surface area contributed by atoms with Gasteiger partial charge in [-0.1, -0.05) is 0 Å². The smallest absolute Gasteiger partial charge is 0.272 e. The van der Waals surface area contributed by atoms with E-state index in [0.717, 1.165) is 18.1 Å². The predicted octanol–water partition coefficient (Wildman–Crippen LogP) is 3.03. The molecule has 1 unspecified atom stereocenters. The third-order valence-electron chi connectivity index (χ3n) is 3.99. The predicted molar refractivity (Wildman–Crippen MR) is 100 cm³/mol. The van der Waals surface area contributed by atoms with Crippen molar-refractivity contribution in [2.24, 2.45) is 0 Å². The van der Waals surface area contributed by atoms with Crippen LogP contribution >= 0.6 is 25.2 Å². The maximum Gasteiger partial charge on any atom is 0.272 e. The van der Waals surface area contributed by atoms with Crippen molar-refractivity contribution in [2.75, 3.05) is 6.61 Å². The number of nitrogens with zero attached hydrogens (tertiary/aromatic N) is 3. The summed E-state index contributed by atoms with van der Waals surface area (Å²) in [7, 11) is 2.54. The van der Waals surface area contributed by atoms with Gasteiger partial charge in [0, 0.05) is 10.5 Å². The second-order valence-electron chi connectivity index (χ2n) is 6.06. The lowest BCUT2D eigenvalue weighted by Gasteiger charge is -2.07. The molecule has 3 aromatic rings. The summed E-state index contributed by atoms with van der Waals surface area (Å²) in [6.45, 7) is -0.731. The summed E-state index contributed by atoms with van der Waals surface area (Å²) in [4.78, 5) is 19.8. The minimum atomic E-state index is -2.58. The molecule has 0 radical (unpaired) electrons. The Morgan fingerprint density at radius 3 is 2.85 bits per heavy atom. The van der Waals surface area contributed by atoms with Gasteiger partial charge in [-0.2, -0.15) is 0 Å². The molecule has 6 nitrogen and oxygen atoms in total. The number of H-pyrrole nitrogens is 1. The fourth-order valence-corrected chi connectivity index (χ4v) is 3.85. The van der Waals surface area contributed by atoms with Gasteiger partial charge in [-0.3, -0.25) is 9.48 Å². The van der Waals surface area contributed by atoms with E-state index in [1.165, 1.54) is 6.07 Å². The SMILES string of the molecule is O=c1[nH]c(-c2cc(OCC(F)F)nn2C2CC2)nc2c(Br)cc(P)cc12. The molecule has 1 aliphatic carbocycles. The average Bonchev–Trinajstić information content (AvgIpc) is 3.33. The number of alkyl halides is 2. The van der Waals surface area contributed by atoms with E-state index in [9.17, 15) is 13.6 Å². The number of fused-ring (bicyclic) bond motifs is 1. The van der Waals surface area contributed by atoms with Gasteiger partial charge in [0.1, 0.15) is 5.69 Å². The van der Waals surface area contributed by atoms with Crippen LogP contribution in [0.5, 0.6) is 5.88 Å². The van der Waals surface area contributed by atoms with E-state index in [1.807, 2.05) is 6.07 Å². The molecular weight excluding hydrogens is 429 g/mol. The second kappa shape index (κ2) is 6.70. The van der Waals surface area contributed by atoms with E-state index >= 15 is 0 Å². The van der Waals surface area contributed by atoms with Gasteiger partial charge in [0.15, 0.2) is 12.4 Å². The second-order valence-corrected chi connectivity index (χ2v) is 7.58. The van der Waals surface area contributed by atoms with Gasteiger partial charge < -0.3 is 9.72 Å². The van der Waals surface area contributed by atoms with Crippen molar-refractivity contribution < 1.29 is 13.5 Å². The maximum atomic E-state index is 12.5. The van der Waals surface area contributed by atoms with Crippen LogP contribution in [-0.4, -0.2) is 32.8 Å². The van der Waals surface area contributed by atoms with Crippen molar-refractivity contribution >= 4 is 41.4 Å². The molecule has 2 heterocycles. The van der Waals surface area contributed by atoms with Gasteiger partial charge in [0.2, 0.25) is 5.88 Å². The molecule has 1 atom stereocenters. The molecule has 136 valence electrons. The summed E-state index contributed by atoms with van der Waals surface area (Å²) in [6, 6.07) is 5.27. The van der Waals surface area contributed by atoms with E-state index in [1.54, 1.807) is 10.7 Å². The topological polar surface area (TPSA) is 72.8 Å². The normalized spacial score (nSPS) is 14.3. The van der Waals surface area contributed by atoms with E-state index in [2.05, 4.69) is 40.2 Å². The Morgan fingerprint density at radius 1 is 1.38 bits per heavy atom. The summed E-state index contributed by atoms with van der Waals surface area (Å²) in [5.41, 5.74) is 0.778. The fraction of sp³-hybridized carbons (Fsp3) is 0.312. The van der Waals surface area contributed by atoms with Gasteiger partial charge in [0.05, 0.1) is 16.9 Å². The number of aromatic nitrogens is 4. The van der Waals surface area contributed by atoms with Crippen LogP contribution < -0.4 is 15.6 Å². The van der Waals surface area contributed by atoms with Crippen LogP contribution in [0.4, 0.5) is 8.78 Å². The molecule has 1 N–H and O–H groups in total. The van der Waals surface area contributed by atoms with Gasteiger partial charge in [0.25, 0.3) is 12.0 Å². The molecule has 0 aliphatic heterocycles. The van der Waals surface area contributed by atoms with Crippen molar-refractivity contribution in [2.45, 2.75) is 25.3 Å². The first kappa shape index (κ1) is 17.5. The Morgan fingerprint density at radius 2 is 2.15 bits per heavy atom. The number of hydrogen-bond acceptors (Lipinski definition) is 4. The number of rotatable bonds is 5. The minimum absolute atomic E-state index is 0.0920. The molecule has 0 amide bonds. The molecule has 0 spiro atoms. The zero-order valence-corrected chi connectivity index (χ0v) is 16.1. The third kappa shape index (κ3) is 3.38. The number of aromatic amines is 1. The van der Waals surface area contributed by atoms with Crippen molar-refractivity contribution in [3.05, 3.63) is 33.0 Å². The quantitative estimate of drug-likeness (QED) is 0.616. The highest BCUT2D eigenvalue weighted by Crippen LogP contribution is 2.38. The molecular formula is C16H14BrF2N4O2P. The Bertz CT molecular complexity index is 1050. The van der Waals surface area contributed by atoms with E-state index in [-0.39, 0.29) is 17.5 Å². The molecule has 2 aromatic heterocycles. The molecule has 1 aromatic carbocycles. The average molecular weight is 443 g/mol. The molecule has 10 heteroatoms. The van der Waals surface area contributed by atoms with Crippen molar-refractivity contribution in [1.82, 2.24) is 19.7 Å². The van der Waals surface area contributed by atoms with Crippen LogP contribution in [0.2, 0.25) is 0 Å². The van der Waals surface area contributed by atoms with Crippen molar-refractivity contribution in [1.29, 1.82) is 0 Å². The highest BCUT2D eigenvalue weighted by molar-refractivity contribution is 9.10. The Labute approximate surface area is 157 Å².